The molecule has 5 nitrogen and oxygen atoms in total. The number of aryl methyl sites for hydroxylation is 1. The van der Waals surface area contributed by atoms with Crippen molar-refractivity contribution in [3.8, 4) is 11.3 Å². The summed E-state index contributed by atoms with van der Waals surface area (Å²) in [5.74, 6) is 0.858. The number of H-pyrrole nitrogens is 1. The topological polar surface area (TPSA) is 58.2 Å². The summed E-state index contributed by atoms with van der Waals surface area (Å²) in [6.45, 7) is 8.61. The first kappa shape index (κ1) is 17.4. The van der Waals surface area contributed by atoms with Gasteiger partial charge < -0.3 is 14.6 Å². The molecule has 1 aromatic carbocycles. The number of benzene rings is 1. The van der Waals surface area contributed by atoms with E-state index in [0.29, 0.717) is 6.61 Å². The van der Waals surface area contributed by atoms with Crippen molar-refractivity contribution in [2.24, 2.45) is 0 Å². The minimum Gasteiger partial charge on any atom is -0.365 e. The minimum atomic E-state index is -0.468. The molecule has 5 heteroatoms. The zero-order chi connectivity index (χ0) is 17.8. The monoisotopic (exact) mass is 339 g/mol. The lowest BCUT2D eigenvalue weighted by Gasteiger charge is -2.26. The number of imidazole rings is 1. The fraction of sp³-hybridized carbons (Fsp3) is 0.400. The van der Waals surface area contributed by atoms with Crippen LogP contribution in [0.25, 0.3) is 11.3 Å². The van der Waals surface area contributed by atoms with Gasteiger partial charge in [0.05, 0.1) is 24.5 Å². The number of nitrogens with zero attached hydrogens (tertiary/aromatic N) is 2. The summed E-state index contributed by atoms with van der Waals surface area (Å²) in [4.78, 5) is 22.5. The van der Waals surface area contributed by atoms with E-state index >= 15 is 0 Å². The number of hydrogen-bond acceptors (Lipinski definition) is 3. The summed E-state index contributed by atoms with van der Waals surface area (Å²) in [6, 6.07) is 8.28. The second kappa shape index (κ2) is 7.66. The first-order valence-electron chi connectivity index (χ1n) is 8.75. The second-order valence-electron chi connectivity index (χ2n) is 6.51. The van der Waals surface area contributed by atoms with Gasteiger partial charge in [0.2, 0.25) is 0 Å². The maximum atomic E-state index is 12.7. The van der Waals surface area contributed by atoms with Crippen LogP contribution in [-0.2, 0) is 9.53 Å². The third kappa shape index (κ3) is 3.82. The van der Waals surface area contributed by atoms with E-state index in [1.54, 1.807) is 13.0 Å². The van der Waals surface area contributed by atoms with Gasteiger partial charge in [0.15, 0.2) is 0 Å². The number of rotatable bonds is 6. The molecule has 3 rings (SSSR count). The molecule has 2 aromatic rings. The molecule has 0 bridgehead atoms. The number of hydrogen-bond donors (Lipinski definition) is 1. The van der Waals surface area contributed by atoms with E-state index in [1.807, 2.05) is 17.2 Å². The average Bonchev–Trinajstić information content (AvgIpc) is 3.27. The quantitative estimate of drug-likeness (QED) is 0.818. The van der Waals surface area contributed by atoms with Crippen LogP contribution in [0.4, 0.5) is 0 Å². The molecule has 0 spiro atoms. The Labute approximate surface area is 148 Å². The average molecular weight is 339 g/mol. The third-order valence-corrected chi connectivity index (χ3v) is 4.59. The lowest BCUT2D eigenvalue weighted by atomic mass is 10.1. The molecule has 2 atom stereocenters. The summed E-state index contributed by atoms with van der Waals surface area (Å²) in [7, 11) is 0. The standard InChI is InChI=1S/C20H25N3O2/c1-4-11-25-15(3)20(24)23-10-6-9-18(23)19-21-13-17(22-19)16-8-5-7-14(2)12-16/h4-5,7-8,12-13,15,18H,1,6,9-11H2,2-3H3,(H,21,22)/t15-,18+/m1/s1. The molecule has 1 aliphatic rings. The van der Waals surface area contributed by atoms with Crippen LogP contribution in [0.3, 0.4) is 0 Å². The second-order valence-corrected chi connectivity index (χ2v) is 6.51. The Balaban J connectivity index is 1.77. The Morgan fingerprint density at radius 3 is 3.16 bits per heavy atom. The normalized spacial score (nSPS) is 18.3. The number of nitrogens with one attached hydrogen (secondary N) is 1. The van der Waals surface area contributed by atoms with Crippen molar-refractivity contribution in [2.45, 2.75) is 38.8 Å². The van der Waals surface area contributed by atoms with Gasteiger partial charge in [-0.15, -0.1) is 6.58 Å². The number of aromatic nitrogens is 2. The smallest absolute Gasteiger partial charge is 0.252 e. The third-order valence-electron chi connectivity index (χ3n) is 4.59. The molecule has 1 amide bonds. The van der Waals surface area contributed by atoms with Crippen molar-refractivity contribution in [3.05, 3.63) is 54.5 Å². The van der Waals surface area contributed by atoms with Crippen molar-refractivity contribution in [3.63, 3.8) is 0 Å². The van der Waals surface area contributed by atoms with Crippen molar-refractivity contribution in [2.75, 3.05) is 13.2 Å². The Morgan fingerprint density at radius 2 is 2.40 bits per heavy atom. The van der Waals surface area contributed by atoms with Gasteiger partial charge in [-0.2, -0.15) is 0 Å². The molecule has 1 saturated heterocycles. The van der Waals surface area contributed by atoms with E-state index < -0.39 is 6.10 Å². The zero-order valence-electron chi connectivity index (χ0n) is 14.9. The number of likely N-dealkylation sites (tertiary alicyclic amines) is 1. The van der Waals surface area contributed by atoms with Gasteiger partial charge in [-0.3, -0.25) is 4.79 Å². The van der Waals surface area contributed by atoms with Crippen molar-refractivity contribution >= 4 is 5.91 Å². The maximum Gasteiger partial charge on any atom is 0.252 e. The fourth-order valence-corrected chi connectivity index (χ4v) is 3.30. The largest absolute Gasteiger partial charge is 0.365 e. The molecule has 2 heterocycles. The predicted octanol–water partition coefficient (Wildman–Crippen LogP) is 3.64. The molecule has 1 aliphatic heterocycles. The predicted molar refractivity (Wildman–Crippen MR) is 98.1 cm³/mol. The van der Waals surface area contributed by atoms with Gasteiger partial charge in [0.1, 0.15) is 11.9 Å². The number of ether oxygens (including phenoxy) is 1. The summed E-state index contributed by atoms with van der Waals surface area (Å²) < 4.78 is 5.50. The van der Waals surface area contributed by atoms with E-state index in [4.69, 9.17) is 4.74 Å². The molecule has 0 radical (unpaired) electrons. The molecular formula is C20H25N3O2. The van der Waals surface area contributed by atoms with E-state index in [0.717, 1.165) is 36.5 Å². The highest BCUT2D eigenvalue weighted by molar-refractivity contribution is 5.81. The molecule has 1 N–H and O–H groups in total. The van der Waals surface area contributed by atoms with Gasteiger partial charge in [-0.25, -0.2) is 4.98 Å². The lowest BCUT2D eigenvalue weighted by molar-refractivity contribution is -0.143. The Bertz CT molecular complexity index is 753. The van der Waals surface area contributed by atoms with Crippen LogP contribution < -0.4 is 0 Å². The van der Waals surface area contributed by atoms with Crippen LogP contribution >= 0.6 is 0 Å². The molecule has 0 unspecified atom stereocenters. The first-order chi connectivity index (χ1) is 12.1. The molecule has 25 heavy (non-hydrogen) atoms. The van der Waals surface area contributed by atoms with E-state index in [1.165, 1.54) is 5.56 Å². The summed E-state index contributed by atoms with van der Waals surface area (Å²) in [5.41, 5.74) is 3.30. The van der Waals surface area contributed by atoms with Gasteiger partial charge in [-0.05, 0) is 38.3 Å². The molecule has 1 aromatic heterocycles. The van der Waals surface area contributed by atoms with Gasteiger partial charge in [0, 0.05) is 6.54 Å². The molecule has 1 fully saturated rings. The van der Waals surface area contributed by atoms with E-state index in [-0.39, 0.29) is 11.9 Å². The molecule has 132 valence electrons. The SMILES string of the molecule is C=CCO[C@H](C)C(=O)N1CCC[C@H]1c1ncc(-c2cccc(C)c2)[nH]1. The van der Waals surface area contributed by atoms with Crippen LogP contribution in [-0.4, -0.2) is 40.0 Å². The van der Waals surface area contributed by atoms with Gasteiger partial charge in [0.25, 0.3) is 5.91 Å². The number of carbonyl (C=O) groups excluding carboxylic acids is 1. The van der Waals surface area contributed by atoms with Crippen molar-refractivity contribution in [1.82, 2.24) is 14.9 Å². The van der Waals surface area contributed by atoms with Gasteiger partial charge >= 0.3 is 0 Å². The summed E-state index contributed by atoms with van der Waals surface area (Å²) in [5, 5.41) is 0. The minimum absolute atomic E-state index is 0.0119. The Kier molecular flexibility index (Phi) is 5.34. The number of amides is 1. The van der Waals surface area contributed by atoms with Crippen LogP contribution in [0, 0.1) is 6.92 Å². The Morgan fingerprint density at radius 1 is 1.56 bits per heavy atom. The highest BCUT2D eigenvalue weighted by atomic mass is 16.5. The van der Waals surface area contributed by atoms with Crippen molar-refractivity contribution < 1.29 is 9.53 Å². The molecule has 0 saturated carbocycles. The van der Waals surface area contributed by atoms with E-state index in [9.17, 15) is 4.79 Å². The summed E-state index contributed by atoms with van der Waals surface area (Å²) in [6.07, 6.45) is 4.94. The van der Waals surface area contributed by atoms with Crippen LogP contribution in [0.2, 0.25) is 0 Å². The summed E-state index contributed by atoms with van der Waals surface area (Å²) >= 11 is 0. The van der Waals surface area contributed by atoms with E-state index in [2.05, 4.69) is 41.7 Å². The highest BCUT2D eigenvalue weighted by Crippen LogP contribution is 2.32. The lowest BCUT2D eigenvalue weighted by Crippen LogP contribution is -2.39. The first-order valence-corrected chi connectivity index (χ1v) is 8.75. The number of aromatic amines is 1. The highest BCUT2D eigenvalue weighted by Gasteiger charge is 2.34. The van der Waals surface area contributed by atoms with Crippen molar-refractivity contribution in [1.29, 1.82) is 0 Å². The van der Waals surface area contributed by atoms with Crippen LogP contribution in [0.15, 0.2) is 43.1 Å². The van der Waals surface area contributed by atoms with Crippen LogP contribution in [0.5, 0.6) is 0 Å². The number of carbonyl (C=O) groups is 1. The molecule has 0 aliphatic carbocycles. The van der Waals surface area contributed by atoms with Crippen LogP contribution in [0.1, 0.15) is 37.2 Å². The molecular weight excluding hydrogens is 314 g/mol. The Hall–Kier alpha value is -2.40. The van der Waals surface area contributed by atoms with Gasteiger partial charge in [-0.1, -0.05) is 29.8 Å². The maximum absolute atomic E-state index is 12.7. The zero-order valence-corrected chi connectivity index (χ0v) is 14.9. The fourth-order valence-electron chi connectivity index (χ4n) is 3.30.